The third kappa shape index (κ3) is 3.75. The molecule has 0 radical (unpaired) electrons. The van der Waals surface area contributed by atoms with Gasteiger partial charge in [0.05, 0.1) is 0 Å². The van der Waals surface area contributed by atoms with Crippen LogP contribution >= 0.6 is 0 Å². The van der Waals surface area contributed by atoms with Crippen molar-refractivity contribution < 1.29 is 0 Å². The first-order chi connectivity index (χ1) is 7.27. The lowest BCUT2D eigenvalue weighted by Crippen LogP contribution is -1.84. The fraction of sp³-hybridized carbons (Fsp3) is 0.333. The molecule has 0 fully saturated rings. The normalized spacial score (nSPS) is 11.5. The first-order valence-electron chi connectivity index (χ1n) is 5.71. The molecule has 0 aromatic heterocycles. The molecular weight excluding hydrogens is 180 g/mol. The van der Waals surface area contributed by atoms with E-state index in [-0.39, 0.29) is 0 Å². The Hall–Kier alpha value is -1.30. The van der Waals surface area contributed by atoms with Crippen molar-refractivity contribution in [3.05, 3.63) is 54.1 Å². The van der Waals surface area contributed by atoms with Crippen molar-refractivity contribution in [1.82, 2.24) is 0 Å². The summed E-state index contributed by atoms with van der Waals surface area (Å²) in [6.07, 6.45) is 5.75. The summed E-state index contributed by atoms with van der Waals surface area (Å²) in [4.78, 5) is 0. The molecule has 0 aliphatic carbocycles. The minimum absolute atomic E-state index is 1.12. The minimum atomic E-state index is 1.12. The fourth-order valence-electron chi connectivity index (χ4n) is 1.65. The van der Waals surface area contributed by atoms with Gasteiger partial charge in [0.1, 0.15) is 0 Å². The van der Waals surface area contributed by atoms with E-state index in [1.807, 2.05) is 6.07 Å². The van der Waals surface area contributed by atoms with Gasteiger partial charge in [-0.15, -0.1) is 0 Å². The number of hydrogen-bond acceptors (Lipinski definition) is 0. The zero-order valence-corrected chi connectivity index (χ0v) is 9.79. The average Bonchev–Trinajstić information content (AvgIpc) is 2.29. The summed E-state index contributed by atoms with van der Waals surface area (Å²) in [6, 6.07) is 10.4. The molecule has 1 aromatic rings. The van der Waals surface area contributed by atoms with E-state index in [0.717, 1.165) is 12.0 Å². The van der Waals surface area contributed by atoms with Crippen LogP contribution in [0.4, 0.5) is 0 Å². The summed E-state index contributed by atoms with van der Waals surface area (Å²) in [5.41, 5.74) is 3.84. The second kappa shape index (κ2) is 6.23. The number of allylic oxidation sites excluding steroid dienone is 3. The highest BCUT2D eigenvalue weighted by molar-refractivity contribution is 5.72. The topological polar surface area (TPSA) is 0 Å². The molecule has 0 nitrogen and oxygen atoms in total. The molecule has 15 heavy (non-hydrogen) atoms. The Morgan fingerprint density at radius 1 is 1.20 bits per heavy atom. The fourth-order valence-corrected chi connectivity index (χ4v) is 1.65. The van der Waals surface area contributed by atoms with Gasteiger partial charge < -0.3 is 0 Å². The molecule has 0 spiro atoms. The lowest BCUT2D eigenvalue weighted by Gasteiger charge is -2.05. The third-order valence-corrected chi connectivity index (χ3v) is 2.55. The monoisotopic (exact) mass is 200 g/mol. The minimum Gasteiger partial charge on any atom is -0.0912 e. The maximum absolute atomic E-state index is 4.12. The first kappa shape index (κ1) is 11.8. The van der Waals surface area contributed by atoms with Gasteiger partial charge in [-0.25, -0.2) is 0 Å². The summed E-state index contributed by atoms with van der Waals surface area (Å²) >= 11 is 0. The van der Waals surface area contributed by atoms with E-state index < -0.39 is 0 Å². The molecule has 0 heterocycles. The molecule has 1 rings (SSSR count). The molecule has 0 aliphatic heterocycles. The van der Waals surface area contributed by atoms with Crippen LogP contribution in [0, 0.1) is 0 Å². The molecular formula is C15H20. The Kier molecular flexibility index (Phi) is 4.89. The smallest absolute Gasteiger partial charge is 0.0190 e. The molecule has 1 aromatic carbocycles. The predicted octanol–water partition coefficient (Wildman–Crippen LogP) is 4.84. The van der Waals surface area contributed by atoms with Gasteiger partial charge >= 0.3 is 0 Å². The van der Waals surface area contributed by atoms with E-state index in [1.165, 1.54) is 24.0 Å². The Balaban J connectivity index is 2.77. The summed E-state index contributed by atoms with van der Waals surface area (Å²) in [5, 5.41) is 0. The van der Waals surface area contributed by atoms with Gasteiger partial charge in [-0.05, 0) is 24.0 Å². The largest absolute Gasteiger partial charge is 0.0912 e. The van der Waals surface area contributed by atoms with Crippen molar-refractivity contribution in [2.24, 2.45) is 0 Å². The summed E-state index contributed by atoms with van der Waals surface area (Å²) in [7, 11) is 0. The number of benzene rings is 1. The Morgan fingerprint density at radius 2 is 1.87 bits per heavy atom. The molecule has 0 amide bonds. The highest BCUT2D eigenvalue weighted by Gasteiger charge is 1.97. The van der Waals surface area contributed by atoms with Crippen LogP contribution in [-0.2, 0) is 0 Å². The molecule has 0 unspecified atom stereocenters. The van der Waals surface area contributed by atoms with Gasteiger partial charge in [-0.2, -0.15) is 0 Å². The van der Waals surface area contributed by atoms with Gasteiger partial charge in [-0.3, -0.25) is 0 Å². The third-order valence-electron chi connectivity index (χ3n) is 2.55. The van der Waals surface area contributed by atoms with E-state index >= 15 is 0 Å². The van der Waals surface area contributed by atoms with Crippen molar-refractivity contribution >= 4 is 5.57 Å². The zero-order valence-electron chi connectivity index (χ0n) is 9.79. The van der Waals surface area contributed by atoms with E-state index in [0.29, 0.717) is 0 Å². The molecule has 0 aliphatic rings. The lowest BCUT2D eigenvalue weighted by molar-refractivity contribution is 0.859. The predicted molar refractivity (Wildman–Crippen MR) is 68.8 cm³/mol. The van der Waals surface area contributed by atoms with E-state index in [4.69, 9.17) is 0 Å². The van der Waals surface area contributed by atoms with Crippen LogP contribution in [0.1, 0.15) is 38.7 Å². The van der Waals surface area contributed by atoms with E-state index in [1.54, 1.807) is 0 Å². The maximum Gasteiger partial charge on any atom is -0.0190 e. The Labute approximate surface area is 93.3 Å². The summed E-state index contributed by atoms with van der Waals surface area (Å²) in [6.45, 7) is 8.54. The van der Waals surface area contributed by atoms with Crippen molar-refractivity contribution in [2.45, 2.75) is 33.1 Å². The molecule has 0 N–H and O–H groups in total. The zero-order chi connectivity index (χ0) is 11.1. The molecule has 0 heteroatoms. The van der Waals surface area contributed by atoms with Crippen molar-refractivity contribution in [3.8, 4) is 0 Å². The van der Waals surface area contributed by atoms with Crippen molar-refractivity contribution in [2.75, 3.05) is 0 Å². The summed E-state index contributed by atoms with van der Waals surface area (Å²) < 4.78 is 0. The maximum atomic E-state index is 4.12. The number of hydrogen-bond donors (Lipinski definition) is 0. The van der Waals surface area contributed by atoms with Crippen LogP contribution in [-0.4, -0.2) is 0 Å². The molecule has 0 bridgehead atoms. The van der Waals surface area contributed by atoms with Crippen molar-refractivity contribution in [1.29, 1.82) is 0 Å². The summed E-state index contributed by atoms with van der Waals surface area (Å²) in [5.74, 6) is 0. The van der Waals surface area contributed by atoms with Crippen molar-refractivity contribution in [3.63, 3.8) is 0 Å². The van der Waals surface area contributed by atoms with Crippen LogP contribution in [0.25, 0.3) is 5.57 Å². The average molecular weight is 200 g/mol. The SMILES string of the molecule is C=C(/C=C(\CC)CCC)c1ccccc1. The van der Waals surface area contributed by atoms with Crippen LogP contribution in [0.5, 0.6) is 0 Å². The molecule has 0 saturated carbocycles. The molecule has 80 valence electrons. The van der Waals surface area contributed by atoms with Gasteiger partial charge in [0.2, 0.25) is 0 Å². The van der Waals surface area contributed by atoms with Gasteiger partial charge in [0, 0.05) is 0 Å². The van der Waals surface area contributed by atoms with Gasteiger partial charge in [-0.1, -0.05) is 68.8 Å². The molecule has 0 atom stereocenters. The van der Waals surface area contributed by atoms with E-state index in [9.17, 15) is 0 Å². The Morgan fingerprint density at radius 3 is 2.40 bits per heavy atom. The standard InChI is InChI=1S/C15H20/c1-4-9-14(5-2)12-13(3)15-10-7-6-8-11-15/h6-8,10-12H,3-5,9H2,1-2H3/b14-12+. The highest BCUT2D eigenvalue weighted by Crippen LogP contribution is 2.18. The Bertz CT molecular complexity index is 330. The van der Waals surface area contributed by atoms with Gasteiger partial charge in [0.15, 0.2) is 0 Å². The van der Waals surface area contributed by atoms with Crippen LogP contribution in [0.3, 0.4) is 0 Å². The van der Waals surface area contributed by atoms with Crippen LogP contribution in [0.2, 0.25) is 0 Å². The highest BCUT2D eigenvalue weighted by atomic mass is 14.0. The van der Waals surface area contributed by atoms with E-state index in [2.05, 4.69) is 50.8 Å². The first-order valence-corrected chi connectivity index (χ1v) is 5.71. The van der Waals surface area contributed by atoms with Crippen LogP contribution in [0.15, 0.2) is 48.6 Å². The second-order valence-electron chi connectivity index (χ2n) is 3.80. The molecule has 0 saturated heterocycles. The lowest BCUT2D eigenvalue weighted by atomic mass is 10.0. The number of rotatable bonds is 5. The van der Waals surface area contributed by atoms with Crippen LogP contribution < -0.4 is 0 Å². The quantitative estimate of drug-likeness (QED) is 0.597. The van der Waals surface area contributed by atoms with Gasteiger partial charge in [0.25, 0.3) is 0 Å². The second-order valence-corrected chi connectivity index (χ2v) is 3.80.